The summed E-state index contributed by atoms with van der Waals surface area (Å²) < 4.78 is 12.3. The molecule has 0 bridgehead atoms. The quantitative estimate of drug-likeness (QED) is 0.830. The number of anilines is 1. The lowest BCUT2D eigenvalue weighted by Gasteiger charge is -2.15. The normalized spacial score (nSPS) is 11.3. The van der Waals surface area contributed by atoms with E-state index in [0.717, 1.165) is 0 Å². The summed E-state index contributed by atoms with van der Waals surface area (Å²) in [5.41, 5.74) is 0.384. The average Bonchev–Trinajstić information content (AvgIpc) is 2.10. The minimum atomic E-state index is -0.691. The zero-order valence-corrected chi connectivity index (χ0v) is 10.6. The van der Waals surface area contributed by atoms with Crippen molar-refractivity contribution >= 4 is 39.1 Å². The number of hydrogen-bond acceptors (Lipinski definition) is 1. The van der Waals surface area contributed by atoms with Crippen LogP contribution >= 0.6 is 27.5 Å². The van der Waals surface area contributed by atoms with Crippen molar-refractivity contribution in [2.24, 2.45) is 0 Å². The lowest BCUT2D eigenvalue weighted by atomic mass is 10.2. The van der Waals surface area contributed by atoms with Crippen LogP contribution in [-0.2, 0) is 4.79 Å². The molecular weight excluding hydrogens is 284 g/mol. The maximum atomic E-state index is 13.0. The van der Waals surface area contributed by atoms with Gasteiger partial charge in [-0.15, -0.1) is 0 Å². The third-order valence-corrected chi connectivity index (χ3v) is 2.38. The fourth-order valence-electron chi connectivity index (χ4n) is 0.854. The van der Waals surface area contributed by atoms with Gasteiger partial charge in [0.25, 0.3) is 0 Å². The van der Waals surface area contributed by atoms with Crippen molar-refractivity contribution in [1.82, 2.24) is 0 Å². The van der Waals surface area contributed by atoms with Crippen LogP contribution in [0.1, 0.15) is 13.8 Å². The molecule has 0 fully saturated rings. The van der Waals surface area contributed by atoms with Gasteiger partial charge in [0.05, 0.1) is 9.35 Å². The van der Waals surface area contributed by atoms with Crippen LogP contribution in [0.3, 0.4) is 0 Å². The third-order valence-electron chi connectivity index (χ3n) is 1.72. The molecule has 82 valence electrons. The second-order valence-corrected chi connectivity index (χ2v) is 5.95. The summed E-state index contributed by atoms with van der Waals surface area (Å²) in [5.74, 6) is -0.800. The van der Waals surface area contributed by atoms with Gasteiger partial charge in [-0.25, -0.2) is 4.39 Å². The van der Waals surface area contributed by atoms with Gasteiger partial charge in [-0.05, 0) is 32.0 Å². The molecule has 0 atom stereocenters. The van der Waals surface area contributed by atoms with Crippen molar-refractivity contribution in [3.05, 3.63) is 29.0 Å². The molecule has 1 rings (SSSR count). The van der Waals surface area contributed by atoms with E-state index >= 15 is 0 Å². The molecule has 0 saturated carbocycles. The van der Waals surface area contributed by atoms with Gasteiger partial charge in [0.15, 0.2) is 0 Å². The van der Waals surface area contributed by atoms with Gasteiger partial charge in [0.1, 0.15) is 5.82 Å². The van der Waals surface area contributed by atoms with Gasteiger partial charge >= 0.3 is 0 Å². The van der Waals surface area contributed by atoms with Crippen LogP contribution in [0.5, 0.6) is 0 Å². The van der Waals surface area contributed by atoms with E-state index in [1.165, 1.54) is 12.1 Å². The van der Waals surface area contributed by atoms with Crippen molar-refractivity contribution in [3.8, 4) is 0 Å². The number of benzene rings is 1. The molecule has 1 amide bonds. The van der Waals surface area contributed by atoms with E-state index in [9.17, 15) is 9.18 Å². The van der Waals surface area contributed by atoms with Gasteiger partial charge in [0, 0.05) is 5.69 Å². The summed E-state index contributed by atoms with van der Waals surface area (Å²) in [5, 5.41) is 2.60. The molecule has 0 aliphatic rings. The molecule has 0 aromatic heterocycles. The highest BCUT2D eigenvalue weighted by atomic mass is 79.9. The van der Waals surface area contributed by atoms with Crippen LogP contribution in [0.25, 0.3) is 0 Å². The minimum Gasteiger partial charge on any atom is -0.325 e. The zero-order valence-electron chi connectivity index (χ0n) is 8.27. The summed E-state index contributed by atoms with van der Waals surface area (Å²) in [6.07, 6.45) is 0. The summed E-state index contributed by atoms with van der Waals surface area (Å²) >= 11 is 8.71. The second-order valence-electron chi connectivity index (χ2n) is 3.56. The largest absolute Gasteiger partial charge is 0.325 e. The Labute approximate surface area is 101 Å². The first-order chi connectivity index (χ1) is 6.80. The average molecular weight is 295 g/mol. The summed E-state index contributed by atoms with van der Waals surface area (Å²) in [6.45, 7) is 3.41. The molecule has 2 nitrogen and oxygen atoms in total. The molecule has 0 heterocycles. The first kappa shape index (κ1) is 12.5. The molecule has 0 radical (unpaired) electrons. The molecule has 1 aromatic carbocycles. The third kappa shape index (κ3) is 3.47. The van der Waals surface area contributed by atoms with Crippen molar-refractivity contribution in [3.63, 3.8) is 0 Å². The van der Waals surface area contributed by atoms with E-state index in [1.54, 1.807) is 19.9 Å². The summed E-state index contributed by atoms with van der Waals surface area (Å²) in [4.78, 5) is 11.5. The topological polar surface area (TPSA) is 29.1 Å². The van der Waals surface area contributed by atoms with Crippen LogP contribution in [0.2, 0.25) is 5.02 Å². The molecule has 1 aromatic rings. The molecule has 1 N–H and O–H groups in total. The molecule has 0 unspecified atom stereocenters. The van der Waals surface area contributed by atoms with Crippen LogP contribution in [0.4, 0.5) is 10.1 Å². The van der Waals surface area contributed by atoms with Crippen molar-refractivity contribution in [2.75, 3.05) is 5.32 Å². The standard InChI is InChI=1S/C10H10BrClFNO/c1-10(2,11)9(15)14-6-3-4-7(12)8(13)5-6/h3-5H,1-2H3,(H,14,15). The molecule has 0 aliphatic heterocycles. The Morgan fingerprint density at radius 3 is 2.60 bits per heavy atom. The highest BCUT2D eigenvalue weighted by molar-refractivity contribution is 9.10. The Morgan fingerprint density at radius 2 is 2.13 bits per heavy atom. The number of alkyl halides is 1. The van der Waals surface area contributed by atoms with E-state index in [2.05, 4.69) is 21.2 Å². The van der Waals surface area contributed by atoms with Gasteiger partial charge in [0.2, 0.25) is 5.91 Å². The van der Waals surface area contributed by atoms with Gasteiger partial charge in [-0.2, -0.15) is 0 Å². The van der Waals surface area contributed by atoms with Crippen molar-refractivity contribution < 1.29 is 9.18 Å². The predicted molar refractivity (Wildman–Crippen MR) is 63.0 cm³/mol. The van der Waals surface area contributed by atoms with Gasteiger partial charge in [-0.3, -0.25) is 4.79 Å². The molecule has 0 saturated heterocycles. The first-order valence-electron chi connectivity index (χ1n) is 4.26. The number of carbonyl (C=O) groups is 1. The predicted octanol–water partition coefficient (Wildman–Crippen LogP) is 3.59. The highest BCUT2D eigenvalue weighted by Gasteiger charge is 2.23. The lowest BCUT2D eigenvalue weighted by molar-refractivity contribution is -0.117. The summed E-state index contributed by atoms with van der Waals surface area (Å²) in [6, 6.07) is 4.12. The number of amides is 1. The van der Waals surface area contributed by atoms with Crippen molar-refractivity contribution in [1.29, 1.82) is 0 Å². The maximum absolute atomic E-state index is 13.0. The molecule has 0 aliphatic carbocycles. The van der Waals surface area contributed by atoms with Crippen LogP contribution in [-0.4, -0.2) is 10.2 Å². The van der Waals surface area contributed by atoms with Gasteiger partial charge in [-0.1, -0.05) is 27.5 Å². The Hall–Kier alpha value is -0.610. The highest BCUT2D eigenvalue weighted by Crippen LogP contribution is 2.22. The van der Waals surface area contributed by atoms with E-state index in [1.807, 2.05) is 0 Å². The van der Waals surface area contributed by atoms with Gasteiger partial charge < -0.3 is 5.32 Å². The Balaban J connectivity index is 2.83. The number of halogens is 3. The number of hydrogen-bond donors (Lipinski definition) is 1. The maximum Gasteiger partial charge on any atom is 0.240 e. The van der Waals surface area contributed by atoms with Crippen LogP contribution < -0.4 is 5.32 Å². The van der Waals surface area contributed by atoms with Crippen LogP contribution in [0.15, 0.2) is 18.2 Å². The number of rotatable bonds is 2. The SMILES string of the molecule is CC(C)(Br)C(=O)Nc1ccc(Cl)c(F)c1. The number of carbonyl (C=O) groups excluding carboxylic acids is 1. The summed E-state index contributed by atoms with van der Waals surface area (Å²) in [7, 11) is 0. The molecule has 15 heavy (non-hydrogen) atoms. The Morgan fingerprint density at radius 1 is 1.53 bits per heavy atom. The van der Waals surface area contributed by atoms with E-state index in [0.29, 0.717) is 5.69 Å². The molecule has 5 heteroatoms. The Bertz CT molecular complexity index is 389. The molecule has 0 spiro atoms. The molecular formula is C10H10BrClFNO. The van der Waals surface area contributed by atoms with E-state index in [4.69, 9.17) is 11.6 Å². The smallest absolute Gasteiger partial charge is 0.240 e. The van der Waals surface area contributed by atoms with Crippen LogP contribution in [0, 0.1) is 5.82 Å². The van der Waals surface area contributed by atoms with E-state index in [-0.39, 0.29) is 10.9 Å². The monoisotopic (exact) mass is 293 g/mol. The first-order valence-corrected chi connectivity index (χ1v) is 5.43. The lowest BCUT2D eigenvalue weighted by Crippen LogP contribution is -2.30. The fraction of sp³-hybridized carbons (Fsp3) is 0.300. The second kappa shape index (κ2) is 4.49. The fourth-order valence-corrected chi connectivity index (χ4v) is 1.07. The minimum absolute atomic E-state index is 0.0334. The zero-order chi connectivity index (χ0) is 11.6. The van der Waals surface area contributed by atoms with Crippen molar-refractivity contribution in [2.45, 2.75) is 18.2 Å². The Kier molecular flexibility index (Phi) is 3.73. The number of nitrogens with one attached hydrogen (secondary N) is 1. The van der Waals surface area contributed by atoms with E-state index < -0.39 is 10.1 Å².